The van der Waals surface area contributed by atoms with E-state index in [2.05, 4.69) is 15.3 Å². The molecule has 1 aromatic heterocycles. The molecule has 0 saturated carbocycles. The number of nitrogens with one attached hydrogen (secondary N) is 1. The van der Waals surface area contributed by atoms with Gasteiger partial charge in [0.25, 0.3) is 0 Å². The van der Waals surface area contributed by atoms with E-state index in [9.17, 15) is 54.2 Å². The van der Waals surface area contributed by atoms with Crippen LogP contribution in [0.5, 0.6) is 5.75 Å². The third-order valence-corrected chi connectivity index (χ3v) is 7.57. The van der Waals surface area contributed by atoms with Crippen LogP contribution in [0.3, 0.4) is 0 Å². The molecule has 0 radical (unpaired) electrons. The molecule has 0 aliphatic carbocycles. The normalized spacial score (nSPS) is 16.5. The number of aliphatic hydroxyl groups is 1. The maximum atomic E-state index is 13.8. The maximum absolute atomic E-state index is 13.8. The Hall–Kier alpha value is -4.81. The van der Waals surface area contributed by atoms with Crippen LogP contribution in [0.25, 0.3) is 0 Å². The van der Waals surface area contributed by atoms with Crippen molar-refractivity contribution in [3.8, 4) is 5.75 Å². The van der Waals surface area contributed by atoms with Crippen LogP contribution in [-0.4, -0.2) is 58.1 Å². The number of aliphatic carboxylic acids is 1. The number of hydrogen-bond donors (Lipinski definition) is 3. The van der Waals surface area contributed by atoms with Gasteiger partial charge in [-0.25, -0.2) is 14.8 Å². The number of rotatable bonds is 11. The fourth-order valence-electron chi connectivity index (χ4n) is 5.31. The molecular formula is C31H29F9N4O6. The van der Waals surface area contributed by atoms with Crippen molar-refractivity contribution < 1.29 is 68.8 Å². The fraction of sp³-hybridized carbons (Fsp3) is 0.419. The molecule has 0 bridgehead atoms. The molecule has 0 spiro atoms. The lowest BCUT2D eigenvalue weighted by Crippen LogP contribution is -2.46. The monoisotopic (exact) mass is 724 g/mol. The first-order valence-electron chi connectivity index (χ1n) is 14.8. The van der Waals surface area contributed by atoms with Crippen molar-refractivity contribution >= 4 is 23.7 Å². The smallest absolute Gasteiger partial charge is 0.416 e. The summed E-state index contributed by atoms with van der Waals surface area (Å²) in [4.78, 5) is 33.4. The summed E-state index contributed by atoms with van der Waals surface area (Å²) in [5.74, 6) is -1.73. The van der Waals surface area contributed by atoms with Gasteiger partial charge in [-0.05, 0) is 60.4 Å². The number of benzene rings is 2. The molecule has 1 amide bonds. The van der Waals surface area contributed by atoms with Crippen LogP contribution in [0.2, 0.25) is 0 Å². The summed E-state index contributed by atoms with van der Waals surface area (Å²) in [7, 11) is 0. The van der Waals surface area contributed by atoms with Crippen LogP contribution in [0.15, 0.2) is 42.6 Å². The number of ether oxygens (including phenoxy) is 2. The van der Waals surface area contributed by atoms with Crippen molar-refractivity contribution in [2.75, 3.05) is 30.0 Å². The lowest BCUT2D eigenvalue weighted by molar-refractivity contribution is -0.143. The summed E-state index contributed by atoms with van der Waals surface area (Å²) in [6, 6.07) is 1.84. The molecule has 272 valence electrons. The summed E-state index contributed by atoms with van der Waals surface area (Å²) < 4.78 is 133. The van der Waals surface area contributed by atoms with Crippen molar-refractivity contribution in [3.63, 3.8) is 0 Å². The molecule has 2 atom stereocenters. The number of fused-ring (bicyclic) bond motifs is 1. The number of nitrogens with zero attached hydrogens (tertiary/aromatic N) is 3. The molecule has 0 fully saturated rings. The van der Waals surface area contributed by atoms with Gasteiger partial charge in [0, 0.05) is 12.5 Å². The van der Waals surface area contributed by atoms with E-state index in [1.54, 1.807) is 6.92 Å². The van der Waals surface area contributed by atoms with Gasteiger partial charge < -0.3 is 25.0 Å². The molecule has 4 rings (SSSR count). The number of aliphatic hydroxyl groups excluding tert-OH is 1. The van der Waals surface area contributed by atoms with Gasteiger partial charge in [0.2, 0.25) is 5.95 Å². The number of anilines is 2. The molecule has 3 N–H and O–H groups in total. The zero-order valence-corrected chi connectivity index (χ0v) is 25.9. The number of halogens is 9. The van der Waals surface area contributed by atoms with Crippen molar-refractivity contribution in [1.82, 2.24) is 9.97 Å². The Morgan fingerprint density at radius 1 is 0.940 bits per heavy atom. The predicted molar refractivity (Wildman–Crippen MR) is 156 cm³/mol. The van der Waals surface area contributed by atoms with Gasteiger partial charge in [-0.1, -0.05) is 6.92 Å². The average Bonchev–Trinajstić information content (AvgIpc) is 3.02. The Labute approximate surface area is 277 Å². The van der Waals surface area contributed by atoms with Gasteiger partial charge in [0.05, 0.1) is 53.3 Å². The Balaban J connectivity index is 1.76. The number of aromatic nitrogens is 2. The molecule has 10 nitrogen and oxygen atoms in total. The summed E-state index contributed by atoms with van der Waals surface area (Å²) >= 11 is 0. The fourth-order valence-corrected chi connectivity index (χ4v) is 5.31. The third kappa shape index (κ3) is 9.25. The standard InChI is InChI=1S/C31H29F9N4O6/c1-2-20-14-22(21-13-17(29(32,33)34)3-4-24(21)44(20)28(48)50-7-5-26(46)47)42-27-41-15-25(49-8-6-45)23(43-27)11-16-9-18(30(35,36)37)12-19(10-16)31(38,39)40/h3-4,9-10,12-13,15,20,22,45H,2,5-8,11,14H2,1H3,(H,46,47)(H,41,42,43)/t20-,22+/m1/s1. The van der Waals surface area contributed by atoms with E-state index in [-0.39, 0.29) is 54.2 Å². The second-order valence-electron chi connectivity index (χ2n) is 11.1. The van der Waals surface area contributed by atoms with Crippen LogP contribution in [0, 0.1) is 0 Å². The Morgan fingerprint density at radius 3 is 2.14 bits per heavy atom. The van der Waals surface area contributed by atoms with Gasteiger partial charge in [0.1, 0.15) is 13.2 Å². The molecular weight excluding hydrogens is 695 g/mol. The lowest BCUT2D eigenvalue weighted by Gasteiger charge is -2.40. The minimum absolute atomic E-state index is 0.000642. The van der Waals surface area contributed by atoms with Gasteiger partial charge in [-0.15, -0.1) is 0 Å². The molecule has 3 aromatic rings. The minimum Gasteiger partial charge on any atom is -0.488 e. The SMILES string of the molecule is CC[C@@H]1C[C@H](Nc2ncc(OCCO)c(Cc3cc(C(F)(F)F)cc(C(F)(F)F)c3)n2)c2cc(C(F)(F)F)ccc2N1C(=O)OCCC(=O)O. The molecule has 19 heteroatoms. The number of carbonyl (C=O) groups excluding carboxylic acids is 1. The Bertz CT molecular complexity index is 1670. The van der Waals surface area contributed by atoms with Gasteiger partial charge in [0.15, 0.2) is 5.75 Å². The molecule has 2 aromatic carbocycles. The van der Waals surface area contributed by atoms with E-state index < -0.39 is 91.0 Å². The van der Waals surface area contributed by atoms with Crippen molar-refractivity contribution in [1.29, 1.82) is 0 Å². The van der Waals surface area contributed by atoms with Crippen molar-refractivity contribution in [2.24, 2.45) is 0 Å². The highest BCUT2D eigenvalue weighted by molar-refractivity contribution is 5.90. The number of carbonyl (C=O) groups is 2. The first-order chi connectivity index (χ1) is 23.3. The van der Waals surface area contributed by atoms with E-state index in [1.807, 2.05) is 0 Å². The van der Waals surface area contributed by atoms with E-state index in [1.165, 1.54) is 0 Å². The van der Waals surface area contributed by atoms with E-state index in [4.69, 9.17) is 14.6 Å². The van der Waals surface area contributed by atoms with E-state index in [0.29, 0.717) is 12.1 Å². The predicted octanol–water partition coefficient (Wildman–Crippen LogP) is 7.25. The van der Waals surface area contributed by atoms with Crippen LogP contribution < -0.4 is 15.0 Å². The largest absolute Gasteiger partial charge is 0.488 e. The first-order valence-corrected chi connectivity index (χ1v) is 14.8. The van der Waals surface area contributed by atoms with Crippen LogP contribution in [0.4, 0.5) is 55.9 Å². The summed E-state index contributed by atoms with van der Waals surface area (Å²) in [6.45, 7) is 0.318. The highest BCUT2D eigenvalue weighted by Crippen LogP contribution is 2.43. The van der Waals surface area contributed by atoms with Crippen LogP contribution >= 0.6 is 0 Å². The molecule has 2 heterocycles. The Kier molecular flexibility index (Phi) is 11.4. The van der Waals surface area contributed by atoms with E-state index in [0.717, 1.165) is 29.3 Å². The third-order valence-electron chi connectivity index (χ3n) is 7.57. The lowest BCUT2D eigenvalue weighted by atomic mass is 9.89. The quantitative estimate of drug-likeness (QED) is 0.175. The average molecular weight is 725 g/mol. The van der Waals surface area contributed by atoms with Gasteiger partial charge in [-0.2, -0.15) is 39.5 Å². The number of hydrogen-bond acceptors (Lipinski definition) is 8. The van der Waals surface area contributed by atoms with Crippen LogP contribution in [-0.2, 0) is 34.5 Å². The topological polar surface area (TPSA) is 134 Å². The second-order valence-corrected chi connectivity index (χ2v) is 11.1. The van der Waals surface area contributed by atoms with Crippen LogP contribution in [0.1, 0.15) is 65.7 Å². The molecule has 50 heavy (non-hydrogen) atoms. The highest BCUT2D eigenvalue weighted by atomic mass is 19.4. The summed E-state index contributed by atoms with van der Waals surface area (Å²) in [6.07, 6.45) is -16.0. The van der Waals surface area contributed by atoms with Crippen molar-refractivity contribution in [2.45, 2.75) is 63.2 Å². The number of amides is 1. The Morgan fingerprint density at radius 2 is 1.58 bits per heavy atom. The molecule has 1 aliphatic rings. The number of carboxylic acid groups (broad SMARTS) is 1. The number of alkyl halides is 9. The second kappa shape index (κ2) is 15.0. The van der Waals surface area contributed by atoms with Gasteiger partial charge >= 0.3 is 30.6 Å². The first kappa shape index (κ1) is 38.0. The number of carboxylic acids is 1. The highest BCUT2D eigenvalue weighted by Gasteiger charge is 2.40. The molecule has 1 aliphatic heterocycles. The minimum atomic E-state index is -5.12. The zero-order chi connectivity index (χ0) is 37.0. The van der Waals surface area contributed by atoms with Gasteiger partial charge in [-0.3, -0.25) is 9.69 Å². The van der Waals surface area contributed by atoms with E-state index >= 15 is 0 Å². The summed E-state index contributed by atoms with van der Waals surface area (Å²) in [5.41, 5.74) is -4.92. The van der Waals surface area contributed by atoms with Crippen molar-refractivity contribution in [3.05, 3.63) is 76.1 Å². The molecule has 0 unspecified atom stereocenters. The maximum Gasteiger partial charge on any atom is 0.416 e. The summed E-state index contributed by atoms with van der Waals surface area (Å²) in [5, 5.41) is 21.0. The zero-order valence-electron chi connectivity index (χ0n) is 25.9. The molecule has 0 saturated heterocycles.